The summed E-state index contributed by atoms with van der Waals surface area (Å²) < 4.78 is 0. The lowest BCUT2D eigenvalue weighted by Crippen LogP contribution is -2.43. The van der Waals surface area contributed by atoms with Crippen LogP contribution in [0.4, 0.5) is 4.79 Å². The summed E-state index contributed by atoms with van der Waals surface area (Å²) in [5, 5.41) is 6.12. The highest BCUT2D eigenvalue weighted by atomic mass is 16.2. The van der Waals surface area contributed by atoms with Gasteiger partial charge in [-0.15, -0.1) is 0 Å². The van der Waals surface area contributed by atoms with Crippen LogP contribution in [0.1, 0.15) is 58.3 Å². The molecule has 98 valence electrons. The molecule has 0 bridgehead atoms. The maximum absolute atomic E-state index is 11.7. The molecule has 0 radical (unpaired) electrons. The molecular weight excluding hydrogens is 212 g/mol. The van der Waals surface area contributed by atoms with Gasteiger partial charge in [0.05, 0.1) is 0 Å². The molecule has 0 unspecified atom stereocenters. The predicted octanol–water partition coefficient (Wildman–Crippen LogP) is 3.05. The molecule has 3 heteroatoms. The van der Waals surface area contributed by atoms with Gasteiger partial charge in [0, 0.05) is 12.6 Å². The third kappa shape index (κ3) is 4.21. The minimum Gasteiger partial charge on any atom is -0.338 e. The maximum Gasteiger partial charge on any atom is 0.315 e. The fourth-order valence-corrected chi connectivity index (χ4v) is 3.08. The van der Waals surface area contributed by atoms with Crippen LogP contribution in [-0.2, 0) is 0 Å². The van der Waals surface area contributed by atoms with E-state index in [4.69, 9.17) is 0 Å². The first-order chi connectivity index (χ1) is 8.24. The minimum atomic E-state index is 0.0514. The van der Waals surface area contributed by atoms with E-state index < -0.39 is 0 Å². The van der Waals surface area contributed by atoms with Crippen molar-refractivity contribution < 1.29 is 4.79 Å². The van der Waals surface area contributed by atoms with Gasteiger partial charge in [-0.05, 0) is 37.5 Å². The Morgan fingerprint density at radius 3 is 2.35 bits per heavy atom. The van der Waals surface area contributed by atoms with Gasteiger partial charge in [0.25, 0.3) is 0 Å². The van der Waals surface area contributed by atoms with Gasteiger partial charge in [0.1, 0.15) is 0 Å². The highest BCUT2D eigenvalue weighted by molar-refractivity contribution is 5.74. The number of carbonyl (C=O) groups excluding carboxylic acids is 1. The van der Waals surface area contributed by atoms with Crippen LogP contribution >= 0.6 is 0 Å². The van der Waals surface area contributed by atoms with E-state index in [2.05, 4.69) is 17.6 Å². The van der Waals surface area contributed by atoms with E-state index in [-0.39, 0.29) is 6.03 Å². The first kappa shape index (κ1) is 12.7. The summed E-state index contributed by atoms with van der Waals surface area (Å²) in [7, 11) is 0. The fraction of sp³-hybridized carbons (Fsp3) is 0.929. The van der Waals surface area contributed by atoms with Gasteiger partial charge < -0.3 is 10.6 Å². The minimum absolute atomic E-state index is 0.0514. The SMILES string of the molecule is CC1CCC(CNC(=O)NC2CCCC2)CC1. The van der Waals surface area contributed by atoms with Crippen LogP contribution in [0.3, 0.4) is 0 Å². The molecular formula is C14H26N2O. The van der Waals surface area contributed by atoms with Crippen molar-refractivity contribution in [3.8, 4) is 0 Å². The van der Waals surface area contributed by atoms with Crippen LogP contribution in [0.2, 0.25) is 0 Å². The van der Waals surface area contributed by atoms with Crippen molar-refractivity contribution in [2.24, 2.45) is 11.8 Å². The zero-order chi connectivity index (χ0) is 12.1. The first-order valence-corrected chi connectivity index (χ1v) is 7.28. The molecule has 2 rings (SSSR count). The molecule has 2 amide bonds. The molecule has 0 spiro atoms. The Labute approximate surface area is 105 Å². The van der Waals surface area contributed by atoms with Crippen LogP contribution in [-0.4, -0.2) is 18.6 Å². The largest absolute Gasteiger partial charge is 0.338 e. The van der Waals surface area contributed by atoms with E-state index in [1.165, 1.54) is 38.5 Å². The highest BCUT2D eigenvalue weighted by Gasteiger charge is 2.20. The maximum atomic E-state index is 11.7. The lowest BCUT2D eigenvalue weighted by atomic mass is 9.83. The van der Waals surface area contributed by atoms with Crippen molar-refractivity contribution >= 4 is 6.03 Å². The molecule has 0 aromatic heterocycles. The zero-order valence-electron chi connectivity index (χ0n) is 11.0. The van der Waals surface area contributed by atoms with Crippen molar-refractivity contribution in [1.82, 2.24) is 10.6 Å². The molecule has 0 aliphatic heterocycles. The van der Waals surface area contributed by atoms with Crippen molar-refractivity contribution in [3.05, 3.63) is 0 Å². The quantitative estimate of drug-likeness (QED) is 0.779. The number of carbonyl (C=O) groups is 1. The molecule has 2 saturated carbocycles. The summed E-state index contributed by atoms with van der Waals surface area (Å²) in [6.07, 6.45) is 10.1. The Morgan fingerprint density at radius 2 is 1.71 bits per heavy atom. The number of urea groups is 1. The molecule has 17 heavy (non-hydrogen) atoms. The van der Waals surface area contributed by atoms with Gasteiger partial charge in [-0.25, -0.2) is 4.79 Å². The topological polar surface area (TPSA) is 41.1 Å². The summed E-state index contributed by atoms with van der Waals surface area (Å²) in [6.45, 7) is 3.20. The lowest BCUT2D eigenvalue weighted by Gasteiger charge is -2.26. The summed E-state index contributed by atoms with van der Waals surface area (Å²) in [5.41, 5.74) is 0. The molecule has 2 aliphatic rings. The number of nitrogens with one attached hydrogen (secondary N) is 2. The predicted molar refractivity (Wildman–Crippen MR) is 69.9 cm³/mol. The number of amides is 2. The van der Waals surface area contributed by atoms with Gasteiger partial charge >= 0.3 is 6.03 Å². The van der Waals surface area contributed by atoms with Crippen LogP contribution in [0.5, 0.6) is 0 Å². The van der Waals surface area contributed by atoms with Crippen LogP contribution in [0, 0.1) is 11.8 Å². The fourth-order valence-electron chi connectivity index (χ4n) is 3.08. The van der Waals surface area contributed by atoms with Crippen LogP contribution < -0.4 is 10.6 Å². The van der Waals surface area contributed by atoms with E-state index in [9.17, 15) is 4.79 Å². The van der Waals surface area contributed by atoms with E-state index >= 15 is 0 Å². The average Bonchev–Trinajstić information content (AvgIpc) is 2.81. The molecule has 2 fully saturated rings. The van der Waals surface area contributed by atoms with Crippen molar-refractivity contribution in [2.45, 2.75) is 64.3 Å². The molecule has 0 atom stereocenters. The van der Waals surface area contributed by atoms with E-state index in [0.717, 1.165) is 25.3 Å². The Morgan fingerprint density at radius 1 is 1.06 bits per heavy atom. The Kier molecular flexibility index (Phi) is 4.69. The van der Waals surface area contributed by atoms with E-state index in [1.807, 2.05) is 0 Å². The van der Waals surface area contributed by atoms with Crippen molar-refractivity contribution in [2.75, 3.05) is 6.54 Å². The Balaban J connectivity index is 1.59. The van der Waals surface area contributed by atoms with Crippen molar-refractivity contribution in [1.29, 1.82) is 0 Å². The van der Waals surface area contributed by atoms with Crippen LogP contribution in [0.25, 0.3) is 0 Å². The Hall–Kier alpha value is -0.730. The van der Waals surface area contributed by atoms with E-state index in [0.29, 0.717) is 12.0 Å². The molecule has 0 heterocycles. The lowest BCUT2D eigenvalue weighted by molar-refractivity contribution is 0.229. The van der Waals surface area contributed by atoms with Gasteiger partial charge in [-0.3, -0.25) is 0 Å². The van der Waals surface area contributed by atoms with Gasteiger partial charge in [-0.1, -0.05) is 32.6 Å². The molecule has 2 aliphatic carbocycles. The highest BCUT2D eigenvalue weighted by Crippen LogP contribution is 2.27. The summed E-state index contributed by atoms with van der Waals surface area (Å²) >= 11 is 0. The second kappa shape index (κ2) is 6.27. The summed E-state index contributed by atoms with van der Waals surface area (Å²) in [6, 6.07) is 0.483. The smallest absolute Gasteiger partial charge is 0.315 e. The van der Waals surface area contributed by atoms with Gasteiger partial charge in [0.15, 0.2) is 0 Å². The summed E-state index contributed by atoms with van der Waals surface area (Å²) in [4.78, 5) is 11.7. The molecule has 0 saturated heterocycles. The second-order valence-electron chi connectivity index (χ2n) is 5.96. The third-order valence-corrected chi connectivity index (χ3v) is 4.38. The number of hydrogen-bond acceptors (Lipinski definition) is 1. The third-order valence-electron chi connectivity index (χ3n) is 4.38. The van der Waals surface area contributed by atoms with E-state index in [1.54, 1.807) is 0 Å². The summed E-state index contributed by atoms with van der Waals surface area (Å²) in [5.74, 6) is 1.60. The normalized spacial score (nSPS) is 30.2. The molecule has 0 aromatic rings. The number of hydrogen-bond donors (Lipinski definition) is 2. The molecule has 3 nitrogen and oxygen atoms in total. The number of rotatable bonds is 3. The van der Waals surface area contributed by atoms with Crippen LogP contribution in [0.15, 0.2) is 0 Å². The Bertz CT molecular complexity index is 241. The monoisotopic (exact) mass is 238 g/mol. The zero-order valence-corrected chi connectivity index (χ0v) is 11.0. The average molecular weight is 238 g/mol. The van der Waals surface area contributed by atoms with Gasteiger partial charge in [-0.2, -0.15) is 0 Å². The molecule has 0 aromatic carbocycles. The first-order valence-electron chi connectivity index (χ1n) is 7.28. The van der Waals surface area contributed by atoms with Crippen molar-refractivity contribution in [3.63, 3.8) is 0 Å². The van der Waals surface area contributed by atoms with Gasteiger partial charge in [0.2, 0.25) is 0 Å². The molecule has 2 N–H and O–H groups in total. The second-order valence-corrected chi connectivity index (χ2v) is 5.96. The standard InChI is InChI=1S/C14H26N2O/c1-11-6-8-12(9-7-11)10-15-14(17)16-13-4-2-3-5-13/h11-13H,2-10H2,1H3,(H2,15,16,17).